The van der Waals surface area contributed by atoms with E-state index in [1.54, 1.807) is 24.7 Å². The van der Waals surface area contributed by atoms with Crippen LogP contribution in [0.25, 0.3) is 11.3 Å². The molecular weight excluding hydrogens is 266 g/mol. The summed E-state index contributed by atoms with van der Waals surface area (Å²) in [6, 6.07) is 13.6. The molecular formula is C16H13N3O2. The van der Waals surface area contributed by atoms with Crippen molar-refractivity contribution in [3.8, 4) is 17.0 Å². The Morgan fingerprint density at radius 2 is 1.95 bits per heavy atom. The third-order valence-corrected chi connectivity index (χ3v) is 3.06. The van der Waals surface area contributed by atoms with E-state index < -0.39 is 0 Å². The molecule has 0 radical (unpaired) electrons. The quantitative estimate of drug-likeness (QED) is 0.689. The number of aromatic nitrogens is 2. The minimum Gasteiger partial charge on any atom is -0.508 e. The number of H-pyrrole nitrogens is 1. The molecule has 0 bridgehead atoms. The Morgan fingerprint density at radius 3 is 2.62 bits per heavy atom. The lowest BCUT2D eigenvalue weighted by molar-refractivity contribution is 0.102. The van der Waals surface area contributed by atoms with Crippen LogP contribution in [0.15, 0.2) is 61.1 Å². The molecule has 1 amide bonds. The van der Waals surface area contributed by atoms with Crippen molar-refractivity contribution in [1.29, 1.82) is 0 Å². The number of aromatic hydroxyl groups is 1. The number of carbonyl (C=O) groups is 1. The number of aromatic amines is 1. The number of imidazole rings is 1. The Kier molecular flexibility index (Phi) is 3.39. The number of phenolic OH excluding ortho intramolecular Hbond substituents is 1. The molecule has 0 spiro atoms. The molecule has 5 heteroatoms. The topological polar surface area (TPSA) is 78.0 Å². The fraction of sp³-hybridized carbons (Fsp3) is 0. The van der Waals surface area contributed by atoms with Crippen LogP contribution in [0.3, 0.4) is 0 Å². The zero-order valence-electron chi connectivity index (χ0n) is 11.1. The smallest absolute Gasteiger partial charge is 0.255 e. The third-order valence-electron chi connectivity index (χ3n) is 3.06. The molecule has 0 saturated heterocycles. The van der Waals surface area contributed by atoms with Crippen molar-refractivity contribution >= 4 is 11.6 Å². The summed E-state index contributed by atoms with van der Waals surface area (Å²) in [5.74, 6) is -0.197. The third kappa shape index (κ3) is 2.92. The molecule has 3 rings (SSSR count). The maximum atomic E-state index is 12.0. The zero-order valence-corrected chi connectivity index (χ0v) is 11.1. The summed E-state index contributed by atoms with van der Waals surface area (Å²) in [5.41, 5.74) is 3.00. The molecule has 104 valence electrons. The first-order valence-corrected chi connectivity index (χ1v) is 6.41. The van der Waals surface area contributed by atoms with E-state index in [2.05, 4.69) is 15.3 Å². The van der Waals surface area contributed by atoms with Gasteiger partial charge in [0.05, 0.1) is 18.2 Å². The van der Waals surface area contributed by atoms with Crippen LogP contribution in [0.1, 0.15) is 10.4 Å². The number of carbonyl (C=O) groups excluding carboxylic acids is 1. The van der Waals surface area contributed by atoms with E-state index in [0.717, 1.165) is 11.3 Å². The van der Waals surface area contributed by atoms with Gasteiger partial charge in [-0.2, -0.15) is 0 Å². The maximum absolute atomic E-state index is 12.0. The molecule has 2 aromatic carbocycles. The Morgan fingerprint density at radius 1 is 1.14 bits per heavy atom. The second kappa shape index (κ2) is 5.50. The minimum atomic E-state index is -0.264. The van der Waals surface area contributed by atoms with Gasteiger partial charge in [0.1, 0.15) is 5.75 Å². The normalized spacial score (nSPS) is 10.3. The SMILES string of the molecule is O=C(Nc1ccc(-c2cnc[nH]2)cc1)c1cccc(O)c1. The van der Waals surface area contributed by atoms with Crippen LogP contribution in [-0.4, -0.2) is 21.0 Å². The summed E-state index contributed by atoms with van der Waals surface area (Å²) in [4.78, 5) is 19.0. The lowest BCUT2D eigenvalue weighted by Crippen LogP contribution is -2.11. The molecule has 0 saturated carbocycles. The van der Waals surface area contributed by atoms with Gasteiger partial charge in [-0.25, -0.2) is 4.98 Å². The van der Waals surface area contributed by atoms with Crippen LogP contribution in [0.5, 0.6) is 5.75 Å². The van der Waals surface area contributed by atoms with E-state index in [-0.39, 0.29) is 11.7 Å². The van der Waals surface area contributed by atoms with Crippen molar-refractivity contribution < 1.29 is 9.90 Å². The highest BCUT2D eigenvalue weighted by molar-refractivity contribution is 6.04. The van der Waals surface area contributed by atoms with Gasteiger partial charge in [0.2, 0.25) is 0 Å². The summed E-state index contributed by atoms with van der Waals surface area (Å²) < 4.78 is 0. The van der Waals surface area contributed by atoms with E-state index in [4.69, 9.17) is 0 Å². The fourth-order valence-corrected chi connectivity index (χ4v) is 2.00. The van der Waals surface area contributed by atoms with Gasteiger partial charge in [0.15, 0.2) is 0 Å². The lowest BCUT2D eigenvalue weighted by Gasteiger charge is -2.06. The Labute approximate surface area is 121 Å². The number of benzene rings is 2. The second-order valence-electron chi connectivity index (χ2n) is 4.55. The average Bonchev–Trinajstić information content (AvgIpc) is 3.02. The first-order chi connectivity index (χ1) is 10.2. The summed E-state index contributed by atoms with van der Waals surface area (Å²) in [5, 5.41) is 12.2. The highest BCUT2D eigenvalue weighted by Gasteiger charge is 2.07. The van der Waals surface area contributed by atoms with Crippen molar-refractivity contribution in [2.75, 3.05) is 5.32 Å². The van der Waals surface area contributed by atoms with Crippen molar-refractivity contribution in [2.45, 2.75) is 0 Å². The number of rotatable bonds is 3. The van der Waals surface area contributed by atoms with Gasteiger partial charge in [-0.1, -0.05) is 18.2 Å². The predicted octanol–water partition coefficient (Wildman–Crippen LogP) is 3.03. The van der Waals surface area contributed by atoms with Gasteiger partial charge in [-0.15, -0.1) is 0 Å². The summed E-state index contributed by atoms with van der Waals surface area (Å²) in [6.07, 6.45) is 3.35. The molecule has 0 fully saturated rings. The molecule has 0 atom stereocenters. The molecule has 3 N–H and O–H groups in total. The van der Waals surface area contributed by atoms with Crippen molar-refractivity contribution in [2.24, 2.45) is 0 Å². The summed E-state index contributed by atoms with van der Waals surface area (Å²) >= 11 is 0. The van der Waals surface area contributed by atoms with E-state index >= 15 is 0 Å². The van der Waals surface area contributed by atoms with Gasteiger partial charge in [0.25, 0.3) is 5.91 Å². The first-order valence-electron chi connectivity index (χ1n) is 6.41. The Bertz CT molecular complexity index is 749. The van der Waals surface area contributed by atoms with Crippen LogP contribution in [0.4, 0.5) is 5.69 Å². The van der Waals surface area contributed by atoms with Crippen molar-refractivity contribution in [1.82, 2.24) is 9.97 Å². The zero-order chi connectivity index (χ0) is 14.7. The first kappa shape index (κ1) is 12.9. The van der Waals surface area contributed by atoms with Gasteiger partial charge < -0.3 is 15.4 Å². The van der Waals surface area contributed by atoms with Crippen LogP contribution in [0.2, 0.25) is 0 Å². The fourth-order valence-electron chi connectivity index (χ4n) is 2.00. The molecule has 0 aliphatic rings. The molecule has 21 heavy (non-hydrogen) atoms. The van der Waals surface area contributed by atoms with Crippen LogP contribution in [-0.2, 0) is 0 Å². The van der Waals surface area contributed by atoms with E-state index in [0.29, 0.717) is 11.3 Å². The van der Waals surface area contributed by atoms with Gasteiger partial charge in [-0.3, -0.25) is 4.79 Å². The molecule has 0 unspecified atom stereocenters. The number of anilines is 1. The maximum Gasteiger partial charge on any atom is 0.255 e. The molecule has 3 aromatic rings. The predicted molar refractivity (Wildman–Crippen MR) is 80.1 cm³/mol. The summed E-state index contributed by atoms with van der Waals surface area (Å²) in [7, 11) is 0. The number of phenols is 1. The molecule has 1 aromatic heterocycles. The molecule has 5 nitrogen and oxygen atoms in total. The molecule has 0 aliphatic carbocycles. The monoisotopic (exact) mass is 279 g/mol. The molecule has 0 aliphatic heterocycles. The molecule has 1 heterocycles. The van der Waals surface area contributed by atoms with E-state index in [1.807, 2.05) is 24.3 Å². The highest BCUT2D eigenvalue weighted by Crippen LogP contribution is 2.19. The number of hydrogen-bond donors (Lipinski definition) is 3. The van der Waals surface area contributed by atoms with Crippen molar-refractivity contribution in [3.63, 3.8) is 0 Å². The second-order valence-corrected chi connectivity index (χ2v) is 4.55. The van der Waals surface area contributed by atoms with Gasteiger partial charge >= 0.3 is 0 Å². The number of nitrogens with zero attached hydrogens (tertiary/aromatic N) is 1. The summed E-state index contributed by atoms with van der Waals surface area (Å²) in [6.45, 7) is 0. The minimum absolute atomic E-state index is 0.0669. The number of hydrogen-bond acceptors (Lipinski definition) is 3. The van der Waals surface area contributed by atoms with E-state index in [1.165, 1.54) is 12.1 Å². The van der Waals surface area contributed by atoms with Crippen molar-refractivity contribution in [3.05, 3.63) is 66.6 Å². The van der Waals surface area contributed by atoms with Gasteiger partial charge in [0, 0.05) is 11.3 Å². The van der Waals surface area contributed by atoms with Crippen LogP contribution >= 0.6 is 0 Å². The highest BCUT2D eigenvalue weighted by atomic mass is 16.3. The van der Waals surface area contributed by atoms with Gasteiger partial charge in [-0.05, 0) is 35.9 Å². The van der Waals surface area contributed by atoms with Crippen LogP contribution in [0, 0.1) is 0 Å². The standard InChI is InChI=1S/C16H13N3O2/c20-14-3-1-2-12(8-14)16(21)19-13-6-4-11(5-7-13)15-9-17-10-18-15/h1-10,20H,(H,17,18)(H,19,21). The van der Waals surface area contributed by atoms with E-state index in [9.17, 15) is 9.90 Å². The number of amides is 1. The Balaban J connectivity index is 1.75. The Hall–Kier alpha value is -3.08. The number of nitrogens with one attached hydrogen (secondary N) is 2. The van der Waals surface area contributed by atoms with Crippen LogP contribution < -0.4 is 5.32 Å². The lowest BCUT2D eigenvalue weighted by atomic mass is 10.1. The average molecular weight is 279 g/mol. The largest absolute Gasteiger partial charge is 0.508 e.